The molecule has 0 bridgehead atoms. The Bertz CT molecular complexity index is 1200. The van der Waals surface area contributed by atoms with Crippen LogP contribution >= 0.6 is 11.3 Å². The van der Waals surface area contributed by atoms with Gasteiger partial charge in [-0.15, -0.1) is 0 Å². The van der Waals surface area contributed by atoms with Crippen molar-refractivity contribution in [2.75, 3.05) is 37.7 Å². The first-order valence-electron chi connectivity index (χ1n) is 11.5. The van der Waals surface area contributed by atoms with Gasteiger partial charge in [0.25, 0.3) is 0 Å². The summed E-state index contributed by atoms with van der Waals surface area (Å²) in [6.45, 7) is 7.72. The van der Waals surface area contributed by atoms with Crippen LogP contribution in [0.3, 0.4) is 0 Å². The van der Waals surface area contributed by atoms with Gasteiger partial charge in [-0.05, 0) is 43.2 Å². The predicted molar refractivity (Wildman–Crippen MR) is 130 cm³/mol. The van der Waals surface area contributed by atoms with E-state index >= 15 is 0 Å². The first kappa shape index (κ1) is 25.4. The largest absolute Gasteiger partial charge is 0.481 e. The van der Waals surface area contributed by atoms with Crippen molar-refractivity contribution >= 4 is 32.7 Å². The standard InChI is InChI=1S/C25H28F3N3O3S/c1-3-34-15-20-14-30(13-18-9-16(2)8-17(10-18)11-23(32)33)6-7-31(20)24-29-21-5-4-19(25(26,27)28)12-22(21)35-24/h4-5,8-10,12,20H,3,6-7,11,13-15H2,1-2H3,(H,32,33)/t20-/m0/s1. The summed E-state index contributed by atoms with van der Waals surface area (Å²) in [5.74, 6) is -0.856. The summed E-state index contributed by atoms with van der Waals surface area (Å²) < 4.78 is 45.7. The highest BCUT2D eigenvalue weighted by Gasteiger charge is 2.32. The van der Waals surface area contributed by atoms with Gasteiger partial charge in [0.1, 0.15) is 0 Å². The number of hydrogen-bond acceptors (Lipinski definition) is 6. The summed E-state index contributed by atoms with van der Waals surface area (Å²) in [6, 6.07) is 9.56. The molecule has 0 amide bonds. The number of anilines is 1. The molecule has 1 atom stereocenters. The van der Waals surface area contributed by atoms with Crippen molar-refractivity contribution in [1.29, 1.82) is 0 Å². The Kier molecular flexibility index (Phi) is 7.63. The molecule has 1 N–H and O–H groups in total. The van der Waals surface area contributed by atoms with Crippen LogP contribution in [0, 0.1) is 6.92 Å². The molecule has 1 fully saturated rings. The molecule has 0 radical (unpaired) electrons. The van der Waals surface area contributed by atoms with Gasteiger partial charge in [0, 0.05) is 32.8 Å². The molecular formula is C25H28F3N3O3S. The molecule has 1 aliphatic heterocycles. The molecule has 188 valence electrons. The topological polar surface area (TPSA) is 65.9 Å². The molecule has 2 aromatic carbocycles. The van der Waals surface area contributed by atoms with E-state index in [-0.39, 0.29) is 12.5 Å². The number of fused-ring (bicyclic) bond motifs is 1. The summed E-state index contributed by atoms with van der Waals surface area (Å²) in [4.78, 5) is 20.2. The van der Waals surface area contributed by atoms with Gasteiger partial charge in [-0.25, -0.2) is 4.98 Å². The molecule has 1 aromatic heterocycles. The van der Waals surface area contributed by atoms with Gasteiger partial charge >= 0.3 is 12.1 Å². The zero-order chi connectivity index (χ0) is 25.2. The van der Waals surface area contributed by atoms with Gasteiger partial charge in [-0.3, -0.25) is 9.69 Å². The number of benzene rings is 2. The second-order valence-corrected chi connectivity index (χ2v) is 9.82. The third-order valence-electron chi connectivity index (χ3n) is 5.99. The van der Waals surface area contributed by atoms with Gasteiger partial charge in [-0.2, -0.15) is 13.2 Å². The van der Waals surface area contributed by atoms with Gasteiger partial charge in [0.2, 0.25) is 0 Å². The molecule has 1 aliphatic rings. The Balaban J connectivity index is 1.52. The van der Waals surface area contributed by atoms with Crippen LogP contribution in [0.4, 0.5) is 18.3 Å². The lowest BCUT2D eigenvalue weighted by molar-refractivity contribution is -0.138. The Morgan fingerprint density at radius 2 is 1.97 bits per heavy atom. The number of aromatic nitrogens is 1. The number of carboxylic acids is 1. The molecule has 6 nitrogen and oxygen atoms in total. The molecule has 0 saturated carbocycles. The fourth-order valence-corrected chi connectivity index (χ4v) is 5.60. The zero-order valence-electron chi connectivity index (χ0n) is 19.6. The van der Waals surface area contributed by atoms with Gasteiger partial charge < -0.3 is 14.7 Å². The number of hydrogen-bond donors (Lipinski definition) is 1. The van der Waals surface area contributed by atoms with Gasteiger partial charge in [0.15, 0.2) is 5.13 Å². The van der Waals surface area contributed by atoms with Crippen LogP contribution in [0.2, 0.25) is 0 Å². The number of thiazole rings is 1. The summed E-state index contributed by atoms with van der Waals surface area (Å²) in [7, 11) is 0. The quantitative estimate of drug-likeness (QED) is 0.464. The van der Waals surface area contributed by atoms with Crippen molar-refractivity contribution < 1.29 is 27.8 Å². The number of carbonyl (C=O) groups is 1. The maximum Gasteiger partial charge on any atom is 0.416 e. The van der Waals surface area contributed by atoms with E-state index in [1.165, 1.54) is 17.4 Å². The average Bonchev–Trinajstić information content (AvgIpc) is 3.19. The first-order valence-corrected chi connectivity index (χ1v) is 12.3. The molecule has 0 spiro atoms. The summed E-state index contributed by atoms with van der Waals surface area (Å²) in [5.41, 5.74) is 2.75. The smallest absolute Gasteiger partial charge is 0.416 e. The fraction of sp³-hybridized carbons (Fsp3) is 0.440. The lowest BCUT2D eigenvalue weighted by Crippen LogP contribution is -2.54. The SMILES string of the molecule is CCOC[C@@H]1CN(Cc2cc(C)cc(CC(=O)O)c2)CCN1c1nc2ccc(C(F)(F)F)cc2s1. The number of carboxylic acid groups (broad SMARTS) is 1. The summed E-state index contributed by atoms with van der Waals surface area (Å²) >= 11 is 1.27. The van der Waals surface area contributed by atoms with Gasteiger partial charge in [-0.1, -0.05) is 35.1 Å². The van der Waals surface area contributed by atoms with Gasteiger partial charge in [0.05, 0.1) is 34.8 Å². The van der Waals surface area contributed by atoms with Crippen molar-refractivity contribution in [3.63, 3.8) is 0 Å². The van der Waals surface area contributed by atoms with E-state index in [0.29, 0.717) is 48.2 Å². The van der Waals surface area contributed by atoms with Crippen LogP contribution in [0.5, 0.6) is 0 Å². The van der Waals surface area contributed by atoms with E-state index in [2.05, 4.69) is 20.9 Å². The van der Waals surface area contributed by atoms with E-state index in [4.69, 9.17) is 9.84 Å². The average molecular weight is 508 g/mol. The molecule has 2 heterocycles. The van der Waals surface area contributed by atoms with Crippen molar-refractivity contribution in [3.05, 3.63) is 58.7 Å². The normalized spacial score (nSPS) is 17.3. The van der Waals surface area contributed by atoms with Crippen LogP contribution < -0.4 is 4.90 Å². The van der Waals surface area contributed by atoms with Crippen molar-refractivity contribution in [1.82, 2.24) is 9.88 Å². The molecule has 10 heteroatoms. The lowest BCUT2D eigenvalue weighted by Gasteiger charge is -2.41. The number of aliphatic carboxylic acids is 1. The van der Waals surface area contributed by atoms with Crippen LogP contribution in [0.25, 0.3) is 10.2 Å². The predicted octanol–water partition coefficient (Wildman–Crippen LogP) is 4.98. The highest BCUT2D eigenvalue weighted by molar-refractivity contribution is 7.22. The van der Waals surface area contributed by atoms with E-state index in [9.17, 15) is 18.0 Å². The van der Waals surface area contributed by atoms with E-state index < -0.39 is 17.7 Å². The minimum absolute atomic E-state index is 0.00496. The number of rotatable bonds is 8. The van der Waals surface area contributed by atoms with Crippen LogP contribution in [0.1, 0.15) is 29.2 Å². The monoisotopic (exact) mass is 507 g/mol. The minimum atomic E-state index is -4.39. The Hall–Kier alpha value is -2.69. The number of alkyl halides is 3. The summed E-state index contributed by atoms with van der Waals surface area (Å²) in [5, 5.41) is 9.84. The number of nitrogens with zero attached hydrogens (tertiary/aromatic N) is 3. The van der Waals surface area contributed by atoms with Crippen LogP contribution in [-0.4, -0.2) is 59.8 Å². The third-order valence-corrected chi connectivity index (χ3v) is 7.05. The van der Waals surface area contributed by atoms with E-state index in [1.807, 2.05) is 26.0 Å². The van der Waals surface area contributed by atoms with Crippen molar-refractivity contribution in [3.8, 4) is 0 Å². The van der Waals surface area contributed by atoms with E-state index in [0.717, 1.165) is 35.4 Å². The number of halogens is 3. The zero-order valence-corrected chi connectivity index (χ0v) is 20.5. The molecule has 35 heavy (non-hydrogen) atoms. The molecule has 3 aromatic rings. The Labute approximate surface area is 205 Å². The molecule has 0 unspecified atom stereocenters. The lowest BCUT2D eigenvalue weighted by atomic mass is 10.0. The number of ether oxygens (including phenoxy) is 1. The number of piperazine rings is 1. The minimum Gasteiger partial charge on any atom is -0.481 e. The van der Waals surface area contributed by atoms with E-state index in [1.54, 1.807) is 0 Å². The van der Waals surface area contributed by atoms with Crippen LogP contribution in [-0.2, 0) is 28.7 Å². The first-order chi connectivity index (χ1) is 16.6. The molecule has 0 aliphatic carbocycles. The second kappa shape index (κ2) is 10.5. The van der Waals surface area contributed by atoms with Crippen LogP contribution in [0.15, 0.2) is 36.4 Å². The van der Waals surface area contributed by atoms with Crippen molar-refractivity contribution in [2.24, 2.45) is 0 Å². The number of aryl methyl sites for hydroxylation is 1. The fourth-order valence-electron chi connectivity index (χ4n) is 4.50. The van der Waals surface area contributed by atoms with Crippen molar-refractivity contribution in [2.45, 2.75) is 39.0 Å². The maximum absolute atomic E-state index is 13.1. The molecule has 4 rings (SSSR count). The molecule has 1 saturated heterocycles. The highest BCUT2D eigenvalue weighted by atomic mass is 32.1. The molecular weight excluding hydrogens is 479 g/mol. The maximum atomic E-state index is 13.1. The Morgan fingerprint density at radius 1 is 1.20 bits per heavy atom. The highest BCUT2D eigenvalue weighted by Crippen LogP contribution is 2.36. The second-order valence-electron chi connectivity index (χ2n) is 8.82. The summed E-state index contributed by atoms with van der Waals surface area (Å²) in [6.07, 6.45) is -4.40. The Morgan fingerprint density at radius 3 is 2.69 bits per heavy atom. The third kappa shape index (κ3) is 6.31.